The van der Waals surface area contributed by atoms with Crippen molar-refractivity contribution in [2.45, 2.75) is 40.2 Å². The molecule has 21 heavy (non-hydrogen) atoms. The molecule has 0 radical (unpaired) electrons. The Bertz CT molecular complexity index is 619. The van der Waals surface area contributed by atoms with Crippen molar-refractivity contribution in [1.82, 2.24) is 15.0 Å². The van der Waals surface area contributed by atoms with Gasteiger partial charge in [0.15, 0.2) is 0 Å². The molecule has 2 aromatic heterocycles. The first-order valence-electron chi connectivity index (χ1n) is 6.74. The number of nitrogens with zero attached hydrogens (tertiary/aromatic N) is 2. The summed E-state index contributed by atoms with van der Waals surface area (Å²) in [6, 6.07) is 3.56. The maximum absolute atomic E-state index is 11.6. The summed E-state index contributed by atoms with van der Waals surface area (Å²) in [7, 11) is 0. The van der Waals surface area contributed by atoms with Gasteiger partial charge in [0.05, 0.1) is 5.69 Å². The molecule has 6 heteroatoms. The van der Waals surface area contributed by atoms with E-state index in [1.165, 1.54) is 0 Å². The number of nitrogens with one attached hydrogen (secondary N) is 2. The molecule has 0 spiro atoms. The Morgan fingerprint density at radius 1 is 1.29 bits per heavy atom. The third kappa shape index (κ3) is 4.05. The van der Waals surface area contributed by atoms with Gasteiger partial charge in [-0.15, -0.1) is 0 Å². The van der Waals surface area contributed by atoms with Crippen molar-refractivity contribution < 1.29 is 9.53 Å². The summed E-state index contributed by atoms with van der Waals surface area (Å²) >= 11 is 0. The molecule has 6 nitrogen and oxygen atoms in total. The van der Waals surface area contributed by atoms with E-state index in [-0.39, 0.29) is 0 Å². The van der Waals surface area contributed by atoms with E-state index < -0.39 is 11.7 Å². The summed E-state index contributed by atoms with van der Waals surface area (Å²) in [5.74, 6) is 1.20. The highest BCUT2D eigenvalue weighted by Crippen LogP contribution is 2.18. The molecule has 0 aliphatic carbocycles. The van der Waals surface area contributed by atoms with Gasteiger partial charge in [-0.2, -0.15) is 0 Å². The van der Waals surface area contributed by atoms with E-state index in [4.69, 9.17) is 4.74 Å². The number of anilines is 1. The average Bonchev–Trinajstić information content (AvgIpc) is 2.68. The topological polar surface area (TPSA) is 79.9 Å². The SMILES string of the molecule is Cc1nc(-c2ccc(NC(=O)OC(C)(C)C)nc2)[nH]c1C. The zero-order valence-corrected chi connectivity index (χ0v) is 12.9. The van der Waals surface area contributed by atoms with E-state index in [2.05, 4.69) is 20.3 Å². The average molecular weight is 288 g/mol. The Balaban J connectivity index is 2.07. The Hall–Kier alpha value is -2.37. The molecule has 0 bridgehead atoms. The van der Waals surface area contributed by atoms with E-state index in [0.717, 1.165) is 22.8 Å². The highest BCUT2D eigenvalue weighted by molar-refractivity contribution is 5.83. The van der Waals surface area contributed by atoms with Gasteiger partial charge in [0.25, 0.3) is 0 Å². The molecular formula is C15H20N4O2. The number of aromatic amines is 1. The lowest BCUT2D eigenvalue weighted by Crippen LogP contribution is -2.27. The lowest BCUT2D eigenvalue weighted by Gasteiger charge is -2.19. The zero-order chi connectivity index (χ0) is 15.6. The van der Waals surface area contributed by atoms with Crippen LogP contribution in [0, 0.1) is 13.8 Å². The van der Waals surface area contributed by atoms with E-state index >= 15 is 0 Å². The van der Waals surface area contributed by atoms with Gasteiger partial charge < -0.3 is 9.72 Å². The number of carbonyl (C=O) groups excluding carboxylic acids is 1. The van der Waals surface area contributed by atoms with Crippen LogP contribution in [0.4, 0.5) is 10.6 Å². The van der Waals surface area contributed by atoms with Gasteiger partial charge in [-0.05, 0) is 46.8 Å². The molecule has 0 saturated carbocycles. The minimum Gasteiger partial charge on any atom is -0.444 e. The van der Waals surface area contributed by atoms with E-state index in [9.17, 15) is 4.79 Å². The van der Waals surface area contributed by atoms with E-state index in [0.29, 0.717) is 5.82 Å². The fraction of sp³-hybridized carbons (Fsp3) is 0.400. The molecular weight excluding hydrogens is 268 g/mol. The van der Waals surface area contributed by atoms with Crippen molar-refractivity contribution in [2.75, 3.05) is 5.32 Å². The van der Waals surface area contributed by atoms with Gasteiger partial charge in [0.1, 0.15) is 17.2 Å². The van der Waals surface area contributed by atoms with Crippen molar-refractivity contribution in [3.63, 3.8) is 0 Å². The highest BCUT2D eigenvalue weighted by atomic mass is 16.6. The maximum atomic E-state index is 11.6. The second-order valence-electron chi connectivity index (χ2n) is 5.85. The Morgan fingerprint density at radius 2 is 2.00 bits per heavy atom. The van der Waals surface area contributed by atoms with Crippen LogP contribution in [-0.4, -0.2) is 26.6 Å². The normalized spacial score (nSPS) is 11.3. The third-order valence-corrected chi connectivity index (χ3v) is 2.79. The Kier molecular flexibility index (Phi) is 3.97. The fourth-order valence-corrected chi connectivity index (χ4v) is 1.70. The number of aromatic nitrogens is 3. The maximum Gasteiger partial charge on any atom is 0.413 e. The van der Waals surface area contributed by atoms with Gasteiger partial charge in [0.2, 0.25) is 0 Å². The van der Waals surface area contributed by atoms with Crippen LogP contribution in [0.5, 0.6) is 0 Å². The van der Waals surface area contributed by atoms with Gasteiger partial charge in [0, 0.05) is 17.5 Å². The molecule has 0 unspecified atom stereocenters. The van der Waals surface area contributed by atoms with Crippen LogP contribution in [0.2, 0.25) is 0 Å². The molecule has 2 rings (SSSR count). The summed E-state index contributed by atoms with van der Waals surface area (Å²) in [6.45, 7) is 9.35. The van der Waals surface area contributed by atoms with Gasteiger partial charge in [-0.25, -0.2) is 14.8 Å². The van der Waals surface area contributed by atoms with Gasteiger partial charge in [-0.1, -0.05) is 0 Å². The first kappa shape index (κ1) is 15.0. The number of imidazole rings is 1. The number of hydrogen-bond donors (Lipinski definition) is 2. The second kappa shape index (κ2) is 5.55. The molecule has 2 N–H and O–H groups in total. The largest absolute Gasteiger partial charge is 0.444 e. The molecule has 1 amide bonds. The van der Waals surface area contributed by atoms with Crippen LogP contribution in [0.3, 0.4) is 0 Å². The number of ether oxygens (including phenoxy) is 1. The van der Waals surface area contributed by atoms with E-state index in [1.807, 2.05) is 40.7 Å². The lowest BCUT2D eigenvalue weighted by atomic mass is 10.2. The van der Waals surface area contributed by atoms with Crippen LogP contribution in [-0.2, 0) is 4.74 Å². The van der Waals surface area contributed by atoms with Crippen LogP contribution in [0.1, 0.15) is 32.2 Å². The van der Waals surface area contributed by atoms with Crippen molar-refractivity contribution in [1.29, 1.82) is 0 Å². The molecule has 0 aromatic carbocycles. The number of hydrogen-bond acceptors (Lipinski definition) is 4. The monoisotopic (exact) mass is 288 g/mol. The fourth-order valence-electron chi connectivity index (χ4n) is 1.70. The van der Waals surface area contributed by atoms with Crippen LogP contribution in [0.15, 0.2) is 18.3 Å². The summed E-state index contributed by atoms with van der Waals surface area (Å²) in [5, 5.41) is 2.59. The third-order valence-electron chi connectivity index (χ3n) is 2.79. The number of amides is 1. The number of carbonyl (C=O) groups is 1. The molecule has 0 atom stereocenters. The highest BCUT2D eigenvalue weighted by Gasteiger charge is 2.16. The van der Waals surface area contributed by atoms with Crippen molar-refractivity contribution in [2.24, 2.45) is 0 Å². The van der Waals surface area contributed by atoms with Gasteiger partial charge in [-0.3, -0.25) is 5.32 Å². The summed E-state index contributed by atoms with van der Waals surface area (Å²) in [5.41, 5.74) is 2.32. The molecule has 112 valence electrons. The quantitative estimate of drug-likeness (QED) is 0.887. The summed E-state index contributed by atoms with van der Waals surface area (Å²) in [6.07, 6.45) is 1.14. The van der Waals surface area contributed by atoms with Crippen molar-refractivity contribution in [3.8, 4) is 11.4 Å². The van der Waals surface area contributed by atoms with Crippen molar-refractivity contribution >= 4 is 11.9 Å². The predicted molar refractivity (Wildman–Crippen MR) is 81.1 cm³/mol. The van der Waals surface area contributed by atoms with Crippen molar-refractivity contribution in [3.05, 3.63) is 29.7 Å². The zero-order valence-electron chi connectivity index (χ0n) is 12.9. The van der Waals surface area contributed by atoms with Crippen LogP contribution in [0.25, 0.3) is 11.4 Å². The summed E-state index contributed by atoms with van der Waals surface area (Å²) < 4.78 is 5.17. The molecule has 0 aliphatic heterocycles. The van der Waals surface area contributed by atoms with Crippen LogP contribution < -0.4 is 5.32 Å². The smallest absolute Gasteiger partial charge is 0.413 e. The minimum atomic E-state index is -0.534. The number of rotatable bonds is 2. The Morgan fingerprint density at radius 3 is 2.48 bits per heavy atom. The first-order valence-corrected chi connectivity index (χ1v) is 6.74. The predicted octanol–water partition coefficient (Wildman–Crippen LogP) is 3.44. The molecule has 2 aromatic rings. The lowest BCUT2D eigenvalue weighted by molar-refractivity contribution is 0.0635. The standard InChI is InChI=1S/C15H20N4O2/c1-9-10(2)18-13(17-9)11-6-7-12(16-8-11)19-14(20)21-15(3,4)5/h6-8H,1-5H3,(H,17,18)(H,16,19,20). The van der Waals surface area contributed by atoms with E-state index in [1.54, 1.807) is 12.3 Å². The first-order chi connectivity index (χ1) is 9.74. The number of aryl methyl sites for hydroxylation is 2. The van der Waals surface area contributed by atoms with Crippen LogP contribution >= 0.6 is 0 Å². The molecule has 0 saturated heterocycles. The summed E-state index contributed by atoms with van der Waals surface area (Å²) in [4.78, 5) is 23.4. The van der Waals surface area contributed by atoms with Gasteiger partial charge >= 0.3 is 6.09 Å². The Labute approximate surface area is 124 Å². The number of pyridine rings is 1. The molecule has 0 fully saturated rings. The molecule has 2 heterocycles. The molecule has 0 aliphatic rings. The second-order valence-corrected chi connectivity index (χ2v) is 5.85. The minimum absolute atomic E-state index is 0.438. The number of H-pyrrole nitrogens is 1.